The first kappa shape index (κ1) is 14.9. The van der Waals surface area contributed by atoms with Gasteiger partial charge in [0.15, 0.2) is 0 Å². The first-order valence-corrected chi connectivity index (χ1v) is 8.83. The van der Waals surface area contributed by atoms with Crippen LogP contribution in [0.1, 0.15) is 45.2 Å². The maximum Gasteiger partial charge on any atom is 0.145 e. The Labute approximate surface area is 146 Å². The number of fused-ring (bicyclic) bond motifs is 7. The van der Waals surface area contributed by atoms with Gasteiger partial charge in [-0.05, 0) is 39.8 Å². The predicted octanol–water partition coefficient (Wildman–Crippen LogP) is 5.74. The molecule has 2 nitrogen and oxygen atoms in total. The maximum atomic E-state index is 15.1. The molecule has 2 aromatic heterocycles. The van der Waals surface area contributed by atoms with E-state index in [9.17, 15) is 0 Å². The third-order valence-electron chi connectivity index (χ3n) is 5.77. The molecule has 0 bridgehead atoms. The number of pyridine rings is 1. The highest BCUT2D eigenvalue weighted by molar-refractivity contribution is 5.99. The van der Waals surface area contributed by atoms with E-state index in [1.807, 2.05) is 12.1 Å². The molecule has 0 saturated heterocycles. The summed E-state index contributed by atoms with van der Waals surface area (Å²) in [5.41, 5.74) is 4.45. The summed E-state index contributed by atoms with van der Waals surface area (Å²) >= 11 is 0. The van der Waals surface area contributed by atoms with Crippen LogP contribution in [0.2, 0.25) is 0 Å². The molecular weight excluding hydrogens is 311 g/mol. The minimum atomic E-state index is -0.169. The summed E-state index contributed by atoms with van der Waals surface area (Å²) in [6.45, 7) is 8.74. The quantitative estimate of drug-likeness (QED) is 0.401. The Morgan fingerprint density at radius 3 is 2.52 bits per heavy atom. The van der Waals surface area contributed by atoms with Crippen molar-refractivity contribution in [2.24, 2.45) is 0 Å². The van der Waals surface area contributed by atoms with Gasteiger partial charge in [0.25, 0.3) is 0 Å². The number of imidazole rings is 1. The summed E-state index contributed by atoms with van der Waals surface area (Å²) in [6.07, 6.45) is 3.01. The third kappa shape index (κ3) is 1.81. The third-order valence-corrected chi connectivity index (χ3v) is 5.77. The fraction of sp³-hybridized carbons (Fsp3) is 0.318. The second-order valence-corrected chi connectivity index (χ2v) is 8.63. The van der Waals surface area contributed by atoms with Crippen molar-refractivity contribution in [3.05, 3.63) is 59.5 Å². The molecule has 0 N–H and O–H groups in total. The van der Waals surface area contributed by atoms with Crippen LogP contribution in [0.3, 0.4) is 0 Å². The van der Waals surface area contributed by atoms with Crippen molar-refractivity contribution in [3.8, 4) is 0 Å². The van der Waals surface area contributed by atoms with Crippen LogP contribution >= 0.6 is 0 Å². The van der Waals surface area contributed by atoms with Crippen molar-refractivity contribution in [1.82, 2.24) is 9.38 Å². The molecule has 1 aliphatic rings. The highest BCUT2D eigenvalue weighted by atomic mass is 19.1. The maximum absolute atomic E-state index is 15.1. The second kappa shape index (κ2) is 4.40. The Hall–Kier alpha value is -2.42. The molecule has 0 aliphatic heterocycles. The first-order valence-electron chi connectivity index (χ1n) is 8.83. The number of halogens is 1. The molecule has 2 aromatic carbocycles. The Morgan fingerprint density at radius 2 is 1.72 bits per heavy atom. The minimum Gasteiger partial charge on any atom is -0.299 e. The Balaban J connectivity index is 2.05. The zero-order valence-electron chi connectivity index (χ0n) is 15.0. The van der Waals surface area contributed by atoms with Gasteiger partial charge in [0.05, 0.1) is 11.0 Å². The molecule has 126 valence electrons. The SMILES string of the molecule is CC1(C)CC(C)(C)c2c1c(F)cc1nc3c4ccccc4ccn3c21. The van der Waals surface area contributed by atoms with Gasteiger partial charge in [0, 0.05) is 17.6 Å². The largest absolute Gasteiger partial charge is 0.299 e. The van der Waals surface area contributed by atoms with Crippen LogP contribution in [0.4, 0.5) is 4.39 Å². The summed E-state index contributed by atoms with van der Waals surface area (Å²) in [6, 6.07) is 12.0. The van der Waals surface area contributed by atoms with Crippen LogP contribution in [0.5, 0.6) is 0 Å². The van der Waals surface area contributed by atoms with Gasteiger partial charge < -0.3 is 0 Å². The van der Waals surface area contributed by atoms with Crippen molar-refractivity contribution in [2.75, 3.05) is 0 Å². The van der Waals surface area contributed by atoms with E-state index in [1.54, 1.807) is 6.07 Å². The molecular formula is C22H21FN2. The van der Waals surface area contributed by atoms with E-state index in [1.165, 1.54) is 0 Å². The van der Waals surface area contributed by atoms with Gasteiger partial charge in [-0.1, -0.05) is 52.0 Å². The zero-order chi connectivity index (χ0) is 17.6. The summed E-state index contributed by atoms with van der Waals surface area (Å²) in [5, 5.41) is 2.26. The second-order valence-electron chi connectivity index (χ2n) is 8.63. The molecule has 0 fully saturated rings. The van der Waals surface area contributed by atoms with Gasteiger partial charge in [0.1, 0.15) is 11.5 Å². The van der Waals surface area contributed by atoms with Crippen molar-refractivity contribution >= 4 is 27.5 Å². The lowest BCUT2D eigenvalue weighted by Crippen LogP contribution is -2.18. The van der Waals surface area contributed by atoms with E-state index in [0.29, 0.717) is 0 Å². The fourth-order valence-corrected chi connectivity index (χ4v) is 5.17. The molecule has 4 aromatic rings. The molecule has 1 aliphatic carbocycles. The monoisotopic (exact) mass is 332 g/mol. The average Bonchev–Trinajstić information content (AvgIpc) is 2.99. The highest BCUT2D eigenvalue weighted by Gasteiger charge is 2.45. The molecule has 0 spiro atoms. The van der Waals surface area contributed by atoms with Gasteiger partial charge in [-0.15, -0.1) is 0 Å². The van der Waals surface area contributed by atoms with Crippen LogP contribution in [-0.2, 0) is 10.8 Å². The van der Waals surface area contributed by atoms with Crippen LogP contribution in [0, 0.1) is 5.82 Å². The molecule has 0 saturated carbocycles. The molecule has 0 unspecified atom stereocenters. The standard InChI is InChI=1S/C22H21FN2/c1-21(2)12-22(3,4)18-17(21)15(23)11-16-19(18)25-10-9-13-7-5-6-8-14(13)20(25)24-16/h5-11H,12H2,1-4H3. The van der Waals surface area contributed by atoms with Crippen LogP contribution < -0.4 is 0 Å². The average molecular weight is 332 g/mol. The predicted molar refractivity (Wildman–Crippen MR) is 101 cm³/mol. The molecule has 0 atom stereocenters. The van der Waals surface area contributed by atoms with E-state index in [4.69, 9.17) is 4.98 Å². The number of aromatic nitrogens is 2. The van der Waals surface area contributed by atoms with E-state index in [-0.39, 0.29) is 16.6 Å². The summed E-state index contributed by atoms with van der Waals surface area (Å²) in [5.74, 6) is -0.120. The lowest BCUT2D eigenvalue weighted by molar-refractivity contribution is 0.397. The molecule has 0 amide bonds. The van der Waals surface area contributed by atoms with Gasteiger partial charge in [-0.25, -0.2) is 9.37 Å². The van der Waals surface area contributed by atoms with Crippen molar-refractivity contribution in [2.45, 2.75) is 44.9 Å². The fourth-order valence-electron chi connectivity index (χ4n) is 5.17. The van der Waals surface area contributed by atoms with Crippen LogP contribution in [0.15, 0.2) is 42.6 Å². The van der Waals surface area contributed by atoms with Crippen molar-refractivity contribution in [3.63, 3.8) is 0 Å². The van der Waals surface area contributed by atoms with Crippen molar-refractivity contribution < 1.29 is 4.39 Å². The Morgan fingerprint density at radius 1 is 1.00 bits per heavy atom. The summed E-state index contributed by atoms with van der Waals surface area (Å²) in [7, 11) is 0. The smallest absolute Gasteiger partial charge is 0.145 e. The Kier molecular flexibility index (Phi) is 2.62. The topological polar surface area (TPSA) is 17.3 Å². The van der Waals surface area contributed by atoms with Gasteiger partial charge >= 0.3 is 0 Å². The number of hydrogen-bond acceptors (Lipinski definition) is 1. The first-order chi connectivity index (χ1) is 11.8. The van der Waals surface area contributed by atoms with Crippen LogP contribution in [-0.4, -0.2) is 9.38 Å². The Bertz CT molecular complexity index is 1180. The molecule has 3 heteroatoms. The number of rotatable bonds is 0. The minimum absolute atomic E-state index is 0.0825. The van der Waals surface area contributed by atoms with Gasteiger partial charge in [-0.3, -0.25) is 4.40 Å². The summed E-state index contributed by atoms with van der Waals surface area (Å²) in [4.78, 5) is 4.82. The normalized spacial score (nSPS) is 18.3. The van der Waals surface area contributed by atoms with E-state index < -0.39 is 0 Å². The van der Waals surface area contributed by atoms with Crippen LogP contribution in [0.25, 0.3) is 27.5 Å². The molecule has 2 heterocycles. The summed E-state index contributed by atoms with van der Waals surface area (Å²) < 4.78 is 17.2. The molecule has 0 radical (unpaired) electrons. The molecule has 25 heavy (non-hydrogen) atoms. The van der Waals surface area contributed by atoms with E-state index >= 15 is 4.39 Å². The highest BCUT2D eigenvalue weighted by Crippen LogP contribution is 2.52. The van der Waals surface area contributed by atoms with Gasteiger partial charge in [0.2, 0.25) is 0 Å². The molecule has 5 rings (SSSR count). The van der Waals surface area contributed by atoms with Gasteiger partial charge in [-0.2, -0.15) is 0 Å². The lowest BCUT2D eigenvalue weighted by Gasteiger charge is -2.22. The zero-order valence-corrected chi connectivity index (χ0v) is 15.0. The number of hydrogen-bond donors (Lipinski definition) is 0. The number of nitrogens with zero attached hydrogens (tertiary/aromatic N) is 2. The van der Waals surface area contributed by atoms with Crippen molar-refractivity contribution in [1.29, 1.82) is 0 Å². The lowest BCUT2D eigenvalue weighted by atomic mass is 9.81. The number of benzene rings is 2. The van der Waals surface area contributed by atoms with E-state index in [2.05, 4.69) is 56.5 Å². The van der Waals surface area contributed by atoms with E-state index in [0.717, 1.165) is 45.0 Å².